The van der Waals surface area contributed by atoms with Crippen LogP contribution in [-0.2, 0) is 22.6 Å². The monoisotopic (exact) mass is 510 g/mol. The van der Waals surface area contributed by atoms with E-state index in [9.17, 15) is 18.4 Å². The normalized spacial score (nSPS) is 21.9. The third kappa shape index (κ3) is 6.80. The molecule has 1 aromatic rings. The van der Waals surface area contributed by atoms with Gasteiger partial charge < -0.3 is 20.9 Å². The molecule has 2 aliphatic heterocycles. The molecule has 6 nitrogen and oxygen atoms in total. The molecule has 35 heavy (non-hydrogen) atoms. The molecular formula is C26H37ClF2N4O2. The van der Waals surface area contributed by atoms with E-state index in [2.05, 4.69) is 5.32 Å². The summed E-state index contributed by atoms with van der Waals surface area (Å²) < 4.78 is 26.5. The molecule has 1 aliphatic carbocycles. The van der Waals surface area contributed by atoms with Crippen molar-refractivity contribution in [2.24, 2.45) is 5.73 Å². The fourth-order valence-electron chi connectivity index (χ4n) is 4.81. The van der Waals surface area contributed by atoms with Gasteiger partial charge in [-0.05, 0) is 55.0 Å². The molecule has 2 heterocycles. The number of amides is 2. The molecule has 2 saturated heterocycles. The Morgan fingerprint density at radius 1 is 1.20 bits per heavy atom. The van der Waals surface area contributed by atoms with Crippen LogP contribution in [0.15, 0.2) is 24.3 Å². The van der Waals surface area contributed by atoms with Gasteiger partial charge in [-0.2, -0.15) is 0 Å². The van der Waals surface area contributed by atoms with Crippen molar-refractivity contribution >= 4 is 28.4 Å². The SMILES string of the molecule is C.N[C@H](CCCCN1CCC(F)(F)CC1)C(=O)N1CC[C@H]1C(=O)NCc1ccc2c(c1)C(Cl)=CC2. The van der Waals surface area contributed by atoms with E-state index in [1.165, 1.54) is 5.56 Å². The highest BCUT2D eigenvalue weighted by Gasteiger charge is 2.39. The largest absolute Gasteiger partial charge is 0.350 e. The zero-order chi connectivity index (χ0) is 24.3. The average molecular weight is 511 g/mol. The molecule has 2 fully saturated rings. The van der Waals surface area contributed by atoms with Crippen molar-refractivity contribution in [2.75, 3.05) is 26.2 Å². The number of likely N-dealkylation sites (tertiary alicyclic amines) is 2. The number of allylic oxidation sites excluding steroid dienone is 1. The molecule has 0 aromatic heterocycles. The van der Waals surface area contributed by atoms with Crippen LogP contribution >= 0.6 is 11.6 Å². The second kappa shape index (κ2) is 11.8. The van der Waals surface area contributed by atoms with Crippen LogP contribution in [0.4, 0.5) is 8.78 Å². The first-order valence-corrected chi connectivity index (χ1v) is 12.5. The van der Waals surface area contributed by atoms with E-state index in [1.54, 1.807) is 4.90 Å². The van der Waals surface area contributed by atoms with Crippen molar-refractivity contribution in [3.63, 3.8) is 0 Å². The highest BCUT2D eigenvalue weighted by atomic mass is 35.5. The average Bonchev–Trinajstić information content (AvgIpc) is 3.15. The fraction of sp³-hybridized carbons (Fsp3) is 0.615. The summed E-state index contributed by atoms with van der Waals surface area (Å²) in [5, 5.41) is 3.67. The van der Waals surface area contributed by atoms with Gasteiger partial charge in [0.1, 0.15) is 6.04 Å². The van der Waals surface area contributed by atoms with Gasteiger partial charge in [-0.25, -0.2) is 8.78 Å². The molecule has 3 aliphatic rings. The topological polar surface area (TPSA) is 78.7 Å². The van der Waals surface area contributed by atoms with Crippen LogP contribution in [0.25, 0.3) is 5.03 Å². The van der Waals surface area contributed by atoms with Gasteiger partial charge in [0.15, 0.2) is 0 Å². The Balaban J connectivity index is 0.00000342. The lowest BCUT2D eigenvalue weighted by molar-refractivity contribution is -0.148. The molecule has 9 heteroatoms. The first-order chi connectivity index (χ1) is 16.2. The lowest BCUT2D eigenvalue weighted by Crippen LogP contribution is -2.61. The number of hydrogen-bond donors (Lipinski definition) is 2. The number of alkyl halides is 2. The minimum absolute atomic E-state index is 0. The number of carbonyl (C=O) groups excluding carboxylic acids is 2. The summed E-state index contributed by atoms with van der Waals surface area (Å²) in [6.45, 7) is 2.49. The first-order valence-electron chi connectivity index (χ1n) is 12.2. The molecule has 2 amide bonds. The van der Waals surface area contributed by atoms with E-state index in [1.807, 2.05) is 29.2 Å². The Kier molecular flexibility index (Phi) is 9.29. The number of piperidine rings is 1. The van der Waals surface area contributed by atoms with Gasteiger partial charge in [-0.3, -0.25) is 9.59 Å². The number of fused-ring (bicyclic) bond motifs is 1. The number of carbonyl (C=O) groups is 2. The maximum absolute atomic E-state index is 13.2. The highest BCUT2D eigenvalue weighted by Crippen LogP contribution is 2.31. The number of nitrogens with one attached hydrogen (secondary N) is 1. The van der Waals surface area contributed by atoms with Crippen molar-refractivity contribution in [2.45, 2.75) is 76.9 Å². The minimum Gasteiger partial charge on any atom is -0.350 e. The summed E-state index contributed by atoms with van der Waals surface area (Å²) in [5.74, 6) is -2.90. The number of hydrogen-bond acceptors (Lipinski definition) is 4. The van der Waals surface area contributed by atoms with Crippen molar-refractivity contribution in [1.82, 2.24) is 15.1 Å². The smallest absolute Gasteiger partial charge is 0.250 e. The van der Waals surface area contributed by atoms with Crippen molar-refractivity contribution in [3.8, 4) is 0 Å². The molecule has 2 atom stereocenters. The standard InChI is InChI=1S/C25H33ClF2N4O2.CH4/c26-20-7-6-18-5-4-17(15-19(18)20)16-30-23(33)22-8-12-32(22)24(34)21(29)3-1-2-11-31-13-9-25(27,28)10-14-31;/h4-5,7,15,21-22H,1-3,6,8-14,16,29H2,(H,30,33);1H4/t21-,22+;/m1./s1. The molecule has 194 valence electrons. The van der Waals surface area contributed by atoms with Crippen LogP contribution in [0, 0.1) is 0 Å². The van der Waals surface area contributed by atoms with Gasteiger partial charge in [-0.1, -0.05) is 43.7 Å². The second-order valence-corrected chi connectivity index (χ2v) is 10.0. The molecule has 4 rings (SSSR count). The Labute approximate surface area is 211 Å². The molecular weight excluding hydrogens is 474 g/mol. The molecule has 0 saturated carbocycles. The second-order valence-electron chi connectivity index (χ2n) is 9.60. The summed E-state index contributed by atoms with van der Waals surface area (Å²) in [6.07, 6.45) is 5.36. The summed E-state index contributed by atoms with van der Waals surface area (Å²) in [4.78, 5) is 29.0. The van der Waals surface area contributed by atoms with Gasteiger partial charge in [0.25, 0.3) is 5.92 Å². The lowest BCUT2D eigenvalue weighted by atomic mass is 9.98. The van der Waals surface area contributed by atoms with Gasteiger partial charge in [0.2, 0.25) is 11.8 Å². The number of unbranched alkanes of at least 4 members (excludes halogenated alkanes) is 1. The van der Waals surface area contributed by atoms with Crippen molar-refractivity contribution in [1.29, 1.82) is 0 Å². The zero-order valence-corrected chi connectivity index (χ0v) is 20.1. The van der Waals surface area contributed by atoms with Crippen molar-refractivity contribution in [3.05, 3.63) is 41.0 Å². The minimum atomic E-state index is -2.53. The molecule has 0 radical (unpaired) electrons. The van der Waals surface area contributed by atoms with Gasteiger partial charge in [0, 0.05) is 44.1 Å². The van der Waals surface area contributed by atoms with E-state index >= 15 is 0 Å². The van der Waals surface area contributed by atoms with Crippen molar-refractivity contribution < 1.29 is 18.4 Å². The molecule has 0 spiro atoms. The molecule has 0 unspecified atom stereocenters. The Hall–Kier alpha value is -2.03. The lowest BCUT2D eigenvalue weighted by Gasteiger charge is -2.41. The predicted molar refractivity (Wildman–Crippen MR) is 135 cm³/mol. The zero-order valence-electron chi connectivity index (χ0n) is 19.4. The fourth-order valence-corrected chi connectivity index (χ4v) is 5.07. The number of nitrogens with zero attached hydrogens (tertiary/aromatic N) is 2. The third-order valence-electron chi connectivity index (χ3n) is 7.15. The van der Waals surface area contributed by atoms with E-state index in [4.69, 9.17) is 17.3 Å². The van der Waals surface area contributed by atoms with Gasteiger partial charge in [-0.15, -0.1) is 0 Å². The number of benzene rings is 1. The number of halogens is 3. The summed E-state index contributed by atoms with van der Waals surface area (Å²) >= 11 is 6.23. The quantitative estimate of drug-likeness (QED) is 0.494. The van der Waals surface area contributed by atoms with Crippen LogP contribution < -0.4 is 11.1 Å². The highest BCUT2D eigenvalue weighted by molar-refractivity contribution is 6.49. The number of rotatable bonds is 9. The van der Waals surface area contributed by atoms with Crippen LogP contribution in [0.1, 0.15) is 62.6 Å². The predicted octanol–water partition coefficient (Wildman–Crippen LogP) is 3.90. The summed E-state index contributed by atoms with van der Waals surface area (Å²) in [7, 11) is 0. The van der Waals surface area contributed by atoms with E-state index in [0.29, 0.717) is 39.0 Å². The van der Waals surface area contributed by atoms with E-state index in [-0.39, 0.29) is 32.1 Å². The molecule has 3 N–H and O–H groups in total. The molecule has 0 bridgehead atoms. The van der Waals surface area contributed by atoms with Gasteiger partial charge >= 0.3 is 0 Å². The first kappa shape index (κ1) is 27.6. The Bertz CT molecular complexity index is 945. The Morgan fingerprint density at radius 3 is 2.63 bits per heavy atom. The maximum atomic E-state index is 13.2. The number of nitrogens with two attached hydrogens (primary N) is 1. The van der Waals surface area contributed by atoms with Gasteiger partial charge in [0.05, 0.1) is 6.04 Å². The van der Waals surface area contributed by atoms with Crippen LogP contribution in [0.3, 0.4) is 0 Å². The van der Waals surface area contributed by atoms with Crippen LogP contribution in [-0.4, -0.2) is 65.8 Å². The van der Waals surface area contributed by atoms with E-state index in [0.717, 1.165) is 42.0 Å². The van der Waals surface area contributed by atoms with Crippen LogP contribution in [0.5, 0.6) is 0 Å². The van der Waals surface area contributed by atoms with E-state index < -0.39 is 18.0 Å². The summed E-state index contributed by atoms with van der Waals surface area (Å²) in [5.41, 5.74) is 9.28. The summed E-state index contributed by atoms with van der Waals surface area (Å²) in [6, 6.07) is 4.88. The third-order valence-corrected chi connectivity index (χ3v) is 7.51. The maximum Gasteiger partial charge on any atom is 0.250 e. The molecule has 1 aromatic carbocycles. The van der Waals surface area contributed by atoms with Crippen LogP contribution in [0.2, 0.25) is 0 Å². The Morgan fingerprint density at radius 2 is 1.94 bits per heavy atom.